The first kappa shape index (κ1) is 16.4. The van der Waals surface area contributed by atoms with Crippen LogP contribution in [0.4, 0.5) is 11.4 Å². The van der Waals surface area contributed by atoms with Crippen molar-refractivity contribution >= 4 is 17.3 Å². The molecule has 1 amide bonds. The van der Waals surface area contributed by atoms with E-state index in [1.54, 1.807) is 0 Å². The van der Waals surface area contributed by atoms with E-state index in [1.165, 1.54) is 0 Å². The zero-order valence-electron chi connectivity index (χ0n) is 14.2. The first-order chi connectivity index (χ1) is 11.5. The number of nitrogen functional groups attached to an aromatic ring is 1. The van der Waals surface area contributed by atoms with Gasteiger partial charge >= 0.3 is 0 Å². The van der Waals surface area contributed by atoms with Crippen LogP contribution in [0.2, 0.25) is 0 Å². The van der Waals surface area contributed by atoms with E-state index in [9.17, 15) is 4.79 Å². The summed E-state index contributed by atoms with van der Waals surface area (Å²) in [5, 5.41) is 0. The van der Waals surface area contributed by atoms with Gasteiger partial charge in [-0.05, 0) is 42.2 Å². The predicted octanol–water partition coefficient (Wildman–Crippen LogP) is 3.65. The zero-order chi connectivity index (χ0) is 17.1. The molecule has 0 aromatic heterocycles. The van der Waals surface area contributed by atoms with Crippen molar-refractivity contribution in [3.63, 3.8) is 0 Å². The van der Waals surface area contributed by atoms with Gasteiger partial charge in [0.2, 0.25) is 0 Å². The van der Waals surface area contributed by atoms with Gasteiger partial charge in [-0.1, -0.05) is 38.1 Å². The molecule has 2 aromatic carbocycles. The van der Waals surface area contributed by atoms with Crippen molar-refractivity contribution in [3.05, 3.63) is 54.1 Å². The van der Waals surface area contributed by atoms with Crippen molar-refractivity contribution in [2.24, 2.45) is 5.92 Å². The Hall–Kier alpha value is -2.49. The Kier molecular flexibility index (Phi) is 4.74. The Morgan fingerprint density at radius 3 is 2.71 bits per heavy atom. The molecule has 2 aromatic rings. The Bertz CT molecular complexity index is 727. The second-order valence-corrected chi connectivity index (χ2v) is 6.70. The molecule has 0 saturated heterocycles. The van der Waals surface area contributed by atoms with Crippen molar-refractivity contribution in [3.8, 4) is 5.75 Å². The normalized spacial score (nSPS) is 16.9. The molecule has 3 rings (SSSR count). The molecule has 1 atom stereocenters. The maximum absolute atomic E-state index is 13.0. The standard InChI is InChI=1S/C20H24N2O2/c1-14(2)10-11-22-17-8-3-4-9-18(17)24-19(20(22)23)13-15-6-5-7-16(21)12-15/h3-9,12,14,19H,10-11,13,21H2,1-2H3. The van der Waals surface area contributed by atoms with Crippen LogP contribution in [-0.4, -0.2) is 18.6 Å². The summed E-state index contributed by atoms with van der Waals surface area (Å²) < 4.78 is 5.99. The van der Waals surface area contributed by atoms with Crippen molar-refractivity contribution in [1.82, 2.24) is 0 Å². The topological polar surface area (TPSA) is 55.6 Å². The lowest BCUT2D eigenvalue weighted by molar-refractivity contribution is -0.126. The van der Waals surface area contributed by atoms with Crippen LogP contribution in [0.3, 0.4) is 0 Å². The third-order valence-electron chi connectivity index (χ3n) is 4.27. The maximum atomic E-state index is 13.0. The summed E-state index contributed by atoms with van der Waals surface area (Å²) in [6.45, 7) is 5.05. The van der Waals surface area contributed by atoms with E-state index in [4.69, 9.17) is 10.5 Å². The third-order valence-corrected chi connectivity index (χ3v) is 4.27. The van der Waals surface area contributed by atoms with Crippen molar-refractivity contribution in [1.29, 1.82) is 0 Å². The highest BCUT2D eigenvalue weighted by molar-refractivity contribution is 6.00. The van der Waals surface area contributed by atoms with E-state index in [0.717, 1.165) is 23.4 Å². The van der Waals surface area contributed by atoms with Gasteiger partial charge in [-0.3, -0.25) is 4.79 Å². The molecule has 1 aliphatic rings. The fourth-order valence-corrected chi connectivity index (χ4v) is 2.96. The molecule has 24 heavy (non-hydrogen) atoms. The highest BCUT2D eigenvalue weighted by Crippen LogP contribution is 2.35. The first-order valence-corrected chi connectivity index (χ1v) is 8.46. The van der Waals surface area contributed by atoms with E-state index in [1.807, 2.05) is 53.4 Å². The van der Waals surface area contributed by atoms with Crippen LogP contribution in [-0.2, 0) is 11.2 Å². The molecule has 0 bridgehead atoms. The Morgan fingerprint density at radius 1 is 1.17 bits per heavy atom. The van der Waals surface area contributed by atoms with Gasteiger partial charge in [0, 0.05) is 18.7 Å². The van der Waals surface area contributed by atoms with E-state index in [0.29, 0.717) is 24.6 Å². The maximum Gasteiger partial charge on any atom is 0.268 e. The second-order valence-electron chi connectivity index (χ2n) is 6.70. The van der Waals surface area contributed by atoms with Crippen LogP contribution in [0.15, 0.2) is 48.5 Å². The van der Waals surface area contributed by atoms with Crippen LogP contribution in [0.1, 0.15) is 25.8 Å². The average molecular weight is 324 g/mol. The Labute approximate surface area is 143 Å². The molecule has 0 saturated carbocycles. The molecule has 1 unspecified atom stereocenters. The summed E-state index contributed by atoms with van der Waals surface area (Å²) in [4.78, 5) is 14.8. The molecular formula is C20H24N2O2. The summed E-state index contributed by atoms with van der Waals surface area (Å²) in [6, 6.07) is 15.4. The Balaban J connectivity index is 1.85. The molecule has 126 valence electrons. The monoisotopic (exact) mass is 324 g/mol. The van der Waals surface area contributed by atoms with Gasteiger partial charge in [-0.25, -0.2) is 0 Å². The van der Waals surface area contributed by atoms with E-state index in [2.05, 4.69) is 13.8 Å². The molecule has 0 fully saturated rings. The summed E-state index contributed by atoms with van der Waals surface area (Å²) >= 11 is 0. The minimum atomic E-state index is -0.506. The molecule has 4 nitrogen and oxygen atoms in total. The highest BCUT2D eigenvalue weighted by Gasteiger charge is 2.34. The smallest absolute Gasteiger partial charge is 0.268 e. The fourth-order valence-electron chi connectivity index (χ4n) is 2.96. The van der Waals surface area contributed by atoms with E-state index >= 15 is 0 Å². The number of amides is 1. The molecule has 2 N–H and O–H groups in total. The zero-order valence-corrected chi connectivity index (χ0v) is 14.2. The molecule has 0 aliphatic carbocycles. The number of carbonyl (C=O) groups is 1. The molecular weight excluding hydrogens is 300 g/mol. The number of ether oxygens (including phenoxy) is 1. The number of rotatable bonds is 5. The number of nitrogens with zero attached hydrogens (tertiary/aromatic N) is 1. The summed E-state index contributed by atoms with van der Waals surface area (Å²) in [5.74, 6) is 1.34. The lowest BCUT2D eigenvalue weighted by Gasteiger charge is -2.35. The van der Waals surface area contributed by atoms with Gasteiger partial charge in [0.05, 0.1) is 5.69 Å². The lowest BCUT2D eigenvalue weighted by Crippen LogP contribution is -2.47. The number of benzene rings is 2. The van der Waals surface area contributed by atoms with E-state index in [-0.39, 0.29) is 5.91 Å². The summed E-state index contributed by atoms with van der Waals surface area (Å²) in [7, 11) is 0. The van der Waals surface area contributed by atoms with E-state index < -0.39 is 6.10 Å². The van der Waals surface area contributed by atoms with Crippen LogP contribution < -0.4 is 15.4 Å². The molecule has 0 spiro atoms. The van der Waals surface area contributed by atoms with Crippen LogP contribution >= 0.6 is 0 Å². The number of nitrogens with two attached hydrogens (primary N) is 1. The SMILES string of the molecule is CC(C)CCN1C(=O)C(Cc2cccc(N)c2)Oc2ccccc21. The first-order valence-electron chi connectivity index (χ1n) is 8.46. The quantitative estimate of drug-likeness (QED) is 0.854. The minimum absolute atomic E-state index is 0.0248. The van der Waals surface area contributed by atoms with Crippen LogP contribution in [0, 0.1) is 5.92 Å². The van der Waals surface area contributed by atoms with Crippen molar-refractivity contribution in [2.45, 2.75) is 32.8 Å². The number of hydrogen-bond donors (Lipinski definition) is 1. The fraction of sp³-hybridized carbons (Fsp3) is 0.350. The van der Waals surface area contributed by atoms with Gasteiger partial charge in [0.25, 0.3) is 5.91 Å². The van der Waals surface area contributed by atoms with Crippen molar-refractivity contribution < 1.29 is 9.53 Å². The summed E-state index contributed by atoms with van der Waals surface area (Å²) in [5.41, 5.74) is 8.43. The number of hydrogen-bond acceptors (Lipinski definition) is 3. The molecule has 0 radical (unpaired) electrons. The molecule has 1 aliphatic heterocycles. The van der Waals surface area contributed by atoms with Gasteiger partial charge in [0.15, 0.2) is 6.10 Å². The van der Waals surface area contributed by atoms with Crippen molar-refractivity contribution in [2.75, 3.05) is 17.2 Å². The van der Waals surface area contributed by atoms with Crippen LogP contribution in [0.25, 0.3) is 0 Å². The van der Waals surface area contributed by atoms with Crippen LogP contribution in [0.5, 0.6) is 5.75 Å². The minimum Gasteiger partial charge on any atom is -0.478 e. The second kappa shape index (κ2) is 6.95. The third kappa shape index (κ3) is 3.53. The predicted molar refractivity (Wildman–Crippen MR) is 97.2 cm³/mol. The number of anilines is 2. The average Bonchev–Trinajstić information content (AvgIpc) is 2.55. The molecule has 4 heteroatoms. The largest absolute Gasteiger partial charge is 0.478 e. The lowest BCUT2D eigenvalue weighted by atomic mass is 10.0. The number of para-hydroxylation sites is 2. The van der Waals surface area contributed by atoms with Gasteiger partial charge in [-0.2, -0.15) is 0 Å². The molecule has 1 heterocycles. The van der Waals surface area contributed by atoms with Gasteiger partial charge in [0.1, 0.15) is 5.75 Å². The number of fused-ring (bicyclic) bond motifs is 1. The van der Waals surface area contributed by atoms with Gasteiger partial charge in [-0.15, -0.1) is 0 Å². The number of carbonyl (C=O) groups excluding carboxylic acids is 1. The van der Waals surface area contributed by atoms with Gasteiger partial charge < -0.3 is 15.4 Å². The Morgan fingerprint density at radius 2 is 1.96 bits per heavy atom. The highest BCUT2D eigenvalue weighted by atomic mass is 16.5. The summed E-state index contributed by atoms with van der Waals surface area (Å²) in [6.07, 6.45) is 0.982.